The van der Waals surface area contributed by atoms with Crippen LogP contribution in [0.3, 0.4) is 0 Å². The number of hydrogen-bond acceptors (Lipinski definition) is 4. The zero-order valence-corrected chi connectivity index (χ0v) is 20.4. The number of nitrogens with one attached hydrogen (secondary N) is 1. The first-order chi connectivity index (χ1) is 16.4. The lowest BCUT2D eigenvalue weighted by molar-refractivity contribution is -0.117. The van der Waals surface area contributed by atoms with Gasteiger partial charge in [0.05, 0.1) is 16.0 Å². The molecule has 0 spiro atoms. The van der Waals surface area contributed by atoms with Crippen molar-refractivity contribution in [3.63, 3.8) is 0 Å². The van der Waals surface area contributed by atoms with Crippen molar-refractivity contribution in [2.75, 3.05) is 10.2 Å². The second-order valence-corrected chi connectivity index (χ2v) is 9.64. The normalized spacial score (nSPS) is 16.8. The van der Waals surface area contributed by atoms with Crippen molar-refractivity contribution >= 4 is 58.2 Å². The predicted octanol–water partition coefficient (Wildman–Crippen LogP) is 6.37. The Morgan fingerprint density at radius 3 is 2.32 bits per heavy atom. The fraction of sp³-hybridized carbons (Fsp3) is 0.115. The summed E-state index contributed by atoms with van der Waals surface area (Å²) >= 11 is 13.7. The van der Waals surface area contributed by atoms with Crippen LogP contribution in [-0.4, -0.2) is 17.1 Å². The molecule has 4 rings (SSSR count). The number of benzene rings is 3. The van der Waals surface area contributed by atoms with Crippen LogP contribution in [0.1, 0.15) is 11.1 Å². The predicted molar refractivity (Wildman–Crippen MR) is 138 cm³/mol. The van der Waals surface area contributed by atoms with Gasteiger partial charge in [-0.15, -0.1) is 0 Å². The van der Waals surface area contributed by atoms with E-state index in [1.807, 2.05) is 43.3 Å². The molecule has 0 aliphatic carbocycles. The second-order valence-electron chi connectivity index (χ2n) is 7.64. The number of thioether (sulfide) groups is 1. The van der Waals surface area contributed by atoms with Crippen LogP contribution in [0.15, 0.2) is 83.4 Å². The van der Waals surface area contributed by atoms with E-state index in [0.717, 1.165) is 11.1 Å². The third-order valence-corrected chi connectivity index (χ3v) is 7.24. The van der Waals surface area contributed by atoms with Crippen molar-refractivity contribution in [3.8, 4) is 6.07 Å². The number of nitriles is 1. The van der Waals surface area contributed by atoms with Crippen LogP contribution in [0.4, 0.5) is 11.4 Å². The summed E-state index contributed by atoms with van der Waals surface area (Å²) in [5, 5.41) is 13.3. The number of carbonyl (C=O) groups excluding carboxylic acids is 2. The number of hydrogen-bond donors (Lipinski definition) is 1. The first-order valence-electron chi connectivity index (χ1n) is 10.4. The van der Waals surface area contributed by atoms with E-state index in [-0.39, 0.29) is 16.5 Å². The standard InChI is InChI=1S/C26H19Cl2N3O2S/c1-16-10-12-18(13-11-16)31-25(33)23(14-17-6-2-3-7-20(17)27)34-26(31)19(15-29)24(32)30-22-9-5-4-8-21(22)28/h2-13,23H,14H2,1H3,(H,30,32)/b26-19+/t23-/m0/s1. The van der Waals surface area contributed by atoms with Crippen molar-refractivity contribution in [2.45, 2.75) is 18.6 Å². The Labute approximate surface area is 212 Å². The fourth-order valence-electron chi connectivity index (χ4n) is 3.53. The number of para-hydroxylation sites is 1. The SMILES string of the molecule is Cc1ccc(N2C(=O)[C@H](Cc3ccccc3Cl)S/C2=C(\C#N)C(=O)Nc2ccccc2Cl)cc1. The van der Waals surface area contributed by atoms with Gasteiger partial charge in [0, 0.05) is 10.7 Å². The van der Waals surface area contributed by atoms with E-state index in [4.69, 9.17) is 23.2 Å². The summed E-state index contributed by atoms with van der Waals surface area (Å²) in [5.41, 5.74) is 2.64. The number of nitrogens with zero attached hydrogens (tertiary/aromatic N) is 2. The van der Waals surface area contributed by atoms with E-state index in [9.17, 15) is 14.9 Å². The first-order valence-corrected chi connectivity index (χ1v) is 12.0. The molecule has 0 radical (unpaired) electrons. The van der Waals surface area contributed by atoms with Crippen molar-refractivity contribution in [2.24, 2.45) is 0 Å². The third kappa shape index (κ3) is 4.97. The molecular weight excluding hydrogens is 489 g/mol. The maximum absolute atomic E-state index is 13.5. The van der Waals surface area contributed by atoms with Crippen LogP contribution >= 0.6 is 35.0 Å². The second kappa shape index (κ2) is 10.4. The lowest BCUT2D eigenvalue weighted by Crippen LogP contribution is -2.31. The molecule has 1 atom stereocenters. The Kier molecular flexibility index (Phi) is 7.28. The average molecular weight is 508 g/mol. The van der Waals surface area contributed by atoms with E-state index < -0.39 is 11.2 Å². The molecule has 8 heteroatoms. The van der Waals surface area contributed by atoms with Crippen molar-refractivity contribution in [1.82, 2.24) is 0 Å². The van der Waals surface area contributed by atoms with Gasteiger partial charge in [-0.25, -0.2) is 0 Å². The van der Waals surface area contributed by atoms with Crippen LogP contribution in [0.2, 0.25) is 10.0 Å². The minimum Gasteiger partial charge on any atom is -0.320 e. The van der Waals surface area contributed by atoms with Crippen LogP contribution in [0, 0.1) is 18.3 Å². The molecule has 1 saturated heterocycles. The minimum absolute atomic E-state index is 0.166. The number of carbonyl (C=O) groups is 2. The summed E-state index contributed by atoms with van der Waals surface area (Å²) in [6.07, 6.45) is 0.361. The fourth-order valence-corrected chi connectivity index (χ4v) is 5.22. The number of halogens is 2. The van der Waals surface area contributed by atoms with Gasteiger partial charge in [-0.1, -0.05) is 83.0 Å². The molecule has 3 aromatic carbocycles. The van der Waals surface area contributed by atoms with Crippen LogP contribution in [0.25, 0.3) is 0 Å². The zero-order chi connectivity index (χ0) is 24.2. The minimum atomic E-state index is -0.638. The van der Waals surface area contributed by atoms with Gasteiger partial charge in [0.25, 0.3) is 5.91 Å². The van der Waals surface area contributed by atoms with E-state index in [2.05, 4.69) is 5.32 Å². The highest BCUT2D eigenvalue weighted by molar-refractivity contribution is 8.05. The van der Waals surface area contributed by atoms with Gasteiger partial charge >= 0.3 is 0 Å². The van der Waals surface area contributed by atoms with E-state index in [0.29, 0.717) is 27.8 Å². The number of anilines is 2. The molecule has 0 unspecified atom stereocenters. The third-order valence-electron chi connectivity index (χ3n) is 5.28. The van der Waals surface area contributed by atoms with Crippen molar-refractivity contribution in [1.29, 1.82) is 5.26 Å². The maximum atomic E-state index is 13.5. The molecule has 1 heterocycles. The quantitative estimate of drug-likeness (QED) is 0.321. The molecule has 5 nitrogen and oxygen atoms in total. The molecule has 170 valence electrons. The molecule has 1 fully saturated rings. The summed E-state index contributed by atoms with van der Waals surface area (Å²) in [6.45, 7) is 1.94. The Morgan fingerprint density at radius 1 is 1.03 bits per heavy atom. The Hall–Kier alpha value is -3.24. The van der Waals surface area contributed by atoms with Gasteiger partial charge < -0.3 is 5.32 Å². The first kappa shape index (κ1) is 23.9. The highest BCUT2D eigenvalue weighted by Gasteiger charge is 2.41. The number of rotatable bonds is 5. The van der Waals surface area contributed by atoms with Gasteiger partial charge in [-0.05, 0) is 49.2 Å². The van der Waals surface area contributed by atoms with E-state index >= 15 is 0 Å². The summed E-state index contributed by atoms with van der Waals surface area (Å²) in [4.78, 5) is 28.1. The lowest BCUT2D eigenvalue weighted by atomic mass is 10.1. The topological polar surface area (TPSA) is 73.2 Å². The molecule has 3 aromatic rings. The molecule has 2 amide bonds. The molecule has 0 aromatic heterocycles. The van der Waals surface area contributed by atoms with E-state index in [1.54, 1.807) is 42.5 Å². The van der Waals surface area contributed by atoms with Crippen LogP contribution in [-0.2, 0) is 16.0 Å². The van der Waals surface area contributed by atoms with Gasteiger partial charge in [0.1, 0.15) is 16.7 Å². The van der Waals surface area contributed by atoms with Gasteiger partial charge in [0.15, 0.2) is 0 Å². The van der Waals surface area contributed by atoms with Gasteiger partial charge in [-0.3, -0.25) is 14.5 Å². The monoisotopic (exact) mass is 507 g/mol. The van der Waals surface area contributed by atoms with Gasteiger partial charge in [-0.2, -0.15) is 5.26 Å². The summed E-state index contributed by atoms with van der Waals surface area (Å²) in [6, 6.07) is 23.4. The molecule has 0 bridgehead atoms. The lowest BCUT2D eigenvalue weighted by Gasteiger charge is -2.19. The number of amides is 2. The molecular formula is C26H19Cl2N3O2S. The van der Waals surface area contributed by atoms with Gasteiger partial charge in [0.2, 0.25) is 5.91 Å². The summed E-state index contributed by atoms with van der Waals surface area (Å²) < 4.78 is 0. The van der Waals surface area contributed by atoms with Crippen molar-refractivity contribution < 1.29 is 9.59 Å². The Bertz CT molecular complexity index is 1330. The Morgan fingerprint density at radius 2 is 1.68 bits per heavy atom. The zero-order valence-electron chi connectivity index (χ0n) is 18.1. The molecule has 0 saturated carbocycles. The summed E-state index contributed by atoms with van der Waals surface area (Å²) in [7, 11) is 0. The largest absolute Gasteiger partial charge is 0.320 e. The number of aryl methyl sites for hydroxylation is 1. The summed E-state index contributed by atoms with van der Waals surface area (Å²) in [5.74, 6) is -0.858. The smallest absolute Gasteiger partial charge is 0.269 e. The Balaban J connectivity index is 1.75. The molecule has 1 aliphatic rings. The molecule has 1 N–H and O–H groups in total. The van der Waals surface area contributed by atoms with E-state index in [1.165, 1.54) is 16.7 Å². The average Bonchev–Trinajstić information content (AvgIpc) is 3.13. The highest BCUT2D eigenvalue weighted by atomic mass is 35.5. The van der Waals surface area contributed by atoms with Crippen LogP contribution < -0.4 is 10.2 Å². The molecule has 1 aliphatic heterocycles. The van der Waals surface area contributed by atoms with Crippen molar-refractivity contribution in [3.05, 3.63) is 105 Å². The highest BCUT2D eigenvalue weighted by Crippen LogP contribution is 2.42. The molecule has 34 heavy (non-hydrogen) atoms. The maximum Gasteiger partial charge on any atom is 0.269 e. The van der Waals surface area contributed by atoms with Crippen LogP contribution in [0.5, 0.6) is 0 Å².